The molecule has 96 valence electrons. The number of hydrogen-bond acceptors (Lipinski definition) is 6. The second-order valence-electron chi connectivity index (χ2n) is 4.82. The molecule has 0 aliphatic rings. The molecule has 7 heteroatoms. The van der Waals surface area contributed by atoms with Crippen molar-refractivity contribution in [3.05, 3.63) is 35.0 Å². The van der Waals surface area contributed by atoms with Crippen LogP contribution in [0.15, 0.2) is 28.1 Å². The fourth-order valence-electron chi connectivity index (χ4n) is 1.49. The largest absolute Gasteiger partial charge is 0.358 e. The Hall–Kier alpha value is -2.18. The SMILES string of the molecule is CC(C)(C)n1ccnc(NCc2ncon2)c1=O. The molecule has 0 fully saturated rings. The zero-order valence-corrected chi connectivity index (χ0v) is 10.5. The maximum absolute atomic E-state index is 12.1. The summed E-state index contributed by atoms with van der Waals surface area (Å²) in [7, 11) is 0. The molecule has 0 aliphatic carbocycles. The molecule has 0 atom stereocenters. The molecule has 0 aliphatic heterocycles. The first-order chi connectivity index (χ1) is 8.48. The standard InChI is InChI=1S/C11H15N5O2/c1-11(2,3)16-5-4-12-9(10(16)17)13-6-8-14-7-18-15-8/h4-5,7H,6H2,1-3H3,(H,12,13). The molecule has 0 amide bonds. The molecular formula is C11H15N5O2. The summed E-state index contributed by atoms with van der Waals surface area (Å²) in [5.41, 5.74) is -0.462. The van der Waals surface area contributed by atoms with E-state index < -0.39 is 0 Å². The lowest BCUT2D eigenvalue weighted by Crippen LogP contribution is -2.35. The Labute approximate surface area is 104 Å². The summed E-state index contributed by atoms with van der Waals surface area (Å²) in [6, 6.07) is 0. The van der Waals surface area contributed by atoms with Crippen molar-refractivity contribution in [1.82, 2.24) is 19.7 Å². The lowest BCUT2D eigenvalue weighted by molar-refractivity contribution is 0.383. The Morgan fingerprint density at radius 2 is 2.17 bits per heavy atom. The summed E-state index contributed by atoms with van der Waals surface area (Å²) in [6.07, 6.45) is 4.50. The summed E-state index contributed by atoms with van der Waals surface area (Å²) in [5.74, 6) is 0.750. The van der Waals surface area contributed by atoms with Gasteiger partial charge in [-0.15, -0.1) is 0 Å². The van der Waals surface area contributed by atoms with E-state index in [0.717, 1.165) is 0 Å². The summed E-state index contributed by atoms with van der Waals surface area (Å²) >= 11 is 0. The van der Waals surface area contributed by atoms with Crippen LogP contribution in [0.1, 0.15) is 26.6 Å². The van der Waals surface area contributed by atoms with Crippen LogP contribution in [0.5, 0.6) is 0 Å². The van der Waals surface area contributed by atoms with Gasteiger partial charge in [0.15, 0.2) is 11.6 Å². The van der Waals surface area contributed by atoms with E-state index in [9.17, 15) is 4.79 Å². The van der Waals surface area contributed by atoms with E-state index in [2.05, 4.69) is 25.0 Å². The Bertz CT molecular complexity index is 568. The van der Waals surface area contributed by atoms with E-state index in [0.29, 0.717) is 12.4 Å². The Morgan fingerprint density at radius 1 is 1.39 bits per heavy atom. The summed E-state index contributed by atoms with van der Waals surface area (Å²) in [6.45, 7) is 6.17. The molecule has 0 saturated heterocycles. The number of nitrogens with one attached hydrogen (secondary N) is 1. The van der Waals surface area contributed by atoms with E-state index in [1.807, 2.05) is 20.8 Å². The van der Waals surface area contributed by atoms with Crippen LogP contribution in [-0.2, 0) is 12.1 Å². The highest BCUT2D eigenvalue weighted by atomic mass is 16.5. The molecule has 0 spiro atoms. The van der Waals surface area contributed by atoms with E-state index in [1.54, 1.807) is 17.0 Å². The van der Waals surface area contributed by atoms with E-state index in [4.69, 9.17) is 0 Å². The number of rotatable bonds is 3. The van der Waals surface area contributed by atoms with Gasteiger partial charge in [-0.2, -0.15) is 4.98 Å². The van der Waals surface area contributed by atoms with Gasteiger partial charge in [-0.25, -0.2) is 4.98 Å². The minimum atomic E-state index is -0.289. The van der Waals surface area contributed by atoms with Crippen molar-refractivity contribution in [1.29, 1.82) is 0 Å². The van der Waals surface area contributed by atoms with Crippen molar-refractivity contribution in [2.75, 3.05) is 5.32 Å². The van der Waals surface area contributed by atoms with Crippen molar-refractivity contribution in [3.63, 3.8) is 0 Å². The molecular weight excluding hydrogens is 234 g/mol. The van der Waals surface area contributed by atoms with Crippen molar-refractivity contribution < 1.29 is 4.52 Å². The fraction of sp³-hybridized carbons (Fsp3) is 0.455. The van der Waals surface area contributed by atoms with Crippen LogP contribution in [0, 0.1) is 0 Å². The monoisotopic (exact) mass is 249 g/mol. The molecule has 2 aromatic rings. The van der Waals surface area contributed by atoms with Crippen LogP contribution in [0.25, 0.3) is 0 Å². The highest BCUT2D eigenvalue weighted by Gasteiger charge is 2.16. The van der Waals surface area contributed by atoms with Gasteiger partial charge < -0.3 is 14.4 Å². The van der Waals surface area contributed by atoms with Crippen molar-refractivity contribution in [3.8, 4) is 0 Å². The van der Waals surface area contributed by atoms with Crippen LogP contribution >= 0.6 is 0 Å². The third-order valence-electron chi connectivity index (χ3n) is 2.38. The van der Waals surface area contributed by atoms with Gasteiger partial charge in [0.05, 0.1) is 6.54 Å². The summed E-state index contributed by atoms with van der Waals surface area (Å²) in [5, 5.41) is 6.55. The molecule has 1 N–H and O–H groups in total. The van der Waals surface area contributed by atoms with Crippen LogP contribution in [0.3, 0.4) is 0 Å². The third-order valence-corrected chi connectivity index (χ3v) is 2.38. The second kappa shape index (κ2) is 4.59. The normalized spacial score (nSPS) is 11.5. The smallest absolute Gasteiger partial charge is 0.293 e. The Morgan fingerprint density at radius 3 is 2.78 bits per heavy atom. The van der Waals surface area contributed by atoms with Crippen LogP contribution in [-0.4, -0.2) is 19.7 Å². The predicted molar refractivity (Wildman–Crippen MR) is 65.1 cm³/mol. The van der Waals surface area contributed by atoms with Crippen LogP contribution in [0.2, 0.25) is 0 Å². The predicted octanol–water partition coefficient (Wildman–Crippen LogP) is 0.993. The zero-order chi connectivity index (χ0) is 13.2. The molecule has 0 aromatic carbocycles. The second-order valence-corrected chi connectivity index (χ2v) is 4.82. The summed E-state index contributed by atoms with van der Waals surface area (Å²) < 4.78 is 6.23. The maximum atomic E-state index is 12.1. The van der Waals surface area contributed by atoms with Gasteiger partial charge in [0, 0.05) is 17.9 Å². The van der Waals surface area contributed by atoms with Crippen molar-refractivity contribution >= 4 is 5.82 Å². The number of hydrogen-bond donors (Lipinski definition) is 1. The molecule has 0 saturated carbocycles. The molecule has 2 rings (SSSR count). The molecule has 2 heterocycles. The minimum absolute atomic E-state index is 0.173. The maximum Gasteiger partial charge on any atom is 0.293 e. The highest BCUT2D eigenvalue weighted by Crippen LogP contribution is 2.10. The topological polar surface area (TPSA) is 85.8 Å². The van der Waals surface area contributed by atoms with Gasteiger partial charge >= 0.3 is 0 Å². The van der Waals surface area contributed by atoms with E-state index >= 15 is 0 Å². The first-order valence-corrected chi connectivity index (χ1v) is 5.56. The fourth-order valence-corrected chi connectivity index (χ4v) is 1.49. The van der Waals surface area contributed by atoms with Gasteiger partial charge in [0.2, 0.25) is 6.39 Å². The molecule has 18 heavy (non-hydrogen) atoms. The highest BCUT2D eigenvalue weighted by molar-refractivity contribution is 5.31. The average molecular weight is 249 g/mol. The van der Waals surface area contributed by atoms with Crippen LogP contribution < -0.4 is 10.9 Å². The first-order valence-electron chi connectivity index (χ1n) is 5.56. The first kappa shape index (κ1) is 12.3. The average Bonchev–Trinajstić information content (AvgIpc) is 2.79. The van der Waals surface area contributed by atoms with Gasteiger partial charge in [0.1, 0.15) is 0 Å². The molecule has 7 nitrogen and oxygen atoms in total. The van der Waals surface area contributed by atoms with Crippen LogP contribution in [0.4, 0.5) is 5.82 Å². The third kappa shape index (κ3) is 2.55. The van der Waals surface area contributed by atoms with Gasteiger partial charge in [-0.1, -0.05) is 5.16 Å². The number of anilines is 1. The van der Waals surface area contributed by atoms with Gasteiger partial charge in [0.25, 0.3) is 5.56 Å². The Balaban J connectivity index is 2.22. The van der Waals surface area contributed by atoms with E-state index in [-0.39, 0.29) is 16.9 Å². The van der Waals surface area contributed by atoms with Gasteiger partial charge in [-0.05, 0) is 20.8 Å². The minimum Gasteiger partial charge on any atom is -0.358 e. The molecule has 0 bridgehead atoms. The Kier molecular flexibility index (Phi) is 3.14. The zero-order valence-electron chi connectivity index (χ0n) is 10.5. The van der Waals surface area contributed by atoms with E-state index in [1.165, 1.54) is 6.39 Å². The summed E-state index contributed by atoms with van der Waals surface area (Å²) in [4.78, 5) is 20.0. The van der Waals surface area contributed by atoms with Crippen molar-refractivity contribution in [2.24, 2.45) is 0 Å². The number of nitrogens with zero attached hydrogens (tertiary/aromatic N) is 4. The molecule has 0 radical (unpaired) electrons. The lowest BCUT2D eigenvalue weighted by atomic mass is 10.1. The molecule has 0 unspecified atom stereocenters. The lowest BCUT2D eigenvalue weighted by Gasteiger charge is -2.22. The molecule has 2 aromatic heterocycles. The number of aromatic nitrogens is 4. The van der Waals surface area contributed by atoms with Crippen molar-refractivity contribution in [2.45, 2.75) is 32.9 Å². The van der Waals surface area contributed by atoms with Gasteiger partial charge in [-0.3, -0.25) is 4.79 Å². The quantitative estimate of drug-likeness (QED) is 0.873.